The number of hydrogen-bond acceptors (Lipinski definition) is 1. The van der Waals surface area contributed by atoms with Crippen LogP contribution < -0.4 is 0 Å². The number of rotatable bonds is 3. The minimum Gasteiger partial charge on any atom is -0.284 e. The molecule has 0 N–H and O–H groups in total. The molecular formula is C10H21F2NS. The van der Waals surface area contributed by atoms with Gasteiger partial charge in [0.25, 0.3) is 0 Å². The maximum atomic E-state index is 13.3. The molecule has 1 rings (SSSR count). The van der Waals surface area contributed by atoms with E-state index in [4.69, 9.17) is 0 Å². The van der Waals surface area contributed by atoms with Gasteiger partial charge < -0.3 is 0 Å². The van der Waals surface area contributed by atoms with Crippen molar-refractivity contribution in [1.82, 2.24) is 4.90 Å². The van der Waals surface area contributed by atoms with Gasteiger partial charge in [-0.1, -0.05) is 20.8 Å². The third kappa shape index (κ3) is 2.60. The first kappa shape index (κ1) is 12.2. The second kappa shape index (κ2) is 4.35. The molecule has 0 amide bonds. The van der Waals surface area contributed by atoms with E-state index in [-0.39, 0.29) is 17.7 Å². The van der Waals surface area contributed by atoms with Crippen LogP contribution in [0.1, 0.15) is 34.1 Å². The van der Waals surface area contributed by atoms with Crippen LogP contribution in [0.3, 0.4) is 0 Å². The summed E-state index contributed by atoms with van der Waals surface area (Å²) in [4.78, 5) is 2.01. The van der Waals surface area contributed by atoms with Gasteiger partial charge in [-0.05, 0) is 19.3 Å². The predicted octanol–water partition coefficient (Wildman–Crippen LogP) is 3.66. The van der Waals surface area contributed by atoms with Crippen molar-refractivity contribution >= 4 is 10.8 Å². The van der Waals surface area contributed by atoms with Crippen molar-refractivity contribution in [2.45, 2.75) is 46.2 Å². The van der Waals surface area contributed by atoms with Crippen LogP contribution in [0.25, 0.3) is 0 Å². The molecule has 1 saturated heterocycles. The molecule has 0 aromatic rings. The summed E-state index contributed by atoms with van der Waals surface area (Å²) in [5.74, 6) is 0.490. The molecule has 1 aliphatic rings. The summed E-state index contributed by atoms with van der Waals surface area (Å²) in [5.41, 5.74) is 0. The van der Waals surface area contributed by atoms with Crippen LogP contribution in [0, 0.1) is 5.92 Å². The second-order valence-electron chi connectivity index (χ2n) is 4.58. The molecule has 86 valence electrons. The fourth-order valence-corrected chi connectivity index (χ4v) is 4.04. The lowest BCUT2D eigenvalue weighted by molar-refractivity contribution is 0.160. The Morgan fingerprint density at radius 2 is 1.93 bits per heavy atom. The fourth-order valence-electron chi connectivity index (χ4n) is 1.98. The Balaban J connectivity index is 2.72. The molecule has 1 aliphatic heterocycles. The minimum absolute atomic E-state index is 0.0326. The molecule has 4 heteroatoms. The lowest BCUT2D eigenvalue weighted by Gasteiger charge is -2.31. The van der Waals surface area contributed by atoms with E-state index >= 15 is 0 Å². The van der Waals surface area contributed by atoms with E-state index in [1.807, 2.05) is 18.7 Å². The Bertz CT molecular complexity index is 197. The van der Waals surface area contributed by atoms with Gasteiger partial charge >= 0.3 is 0 Å². The first-order chi connectivity index (χ1) is 6.37. The van der Waals surface area contributed by atoms with Gasteiger partial charge in [-0.25, -0.2) is 0 Å². The van der Waals surface area contributed by atoms with Gasteiger partial charge in [0, 0.05) is 17.8 Å². The highest BCUT2D eigenvalue weighted by Gasteiger charge is 2.43. The third-order valence-electron chi connectivity index (χ3n) is 3.11. The Morgan fingerprint density at radius 3 is 2.36 bits per heavy atom. The topological polar surface area (TPSA) is 3.24 Å². The Morgan fingerprint density at radius 1 is 1.36 bits per heavy atom. The average molecular weight is 225 g/mol. The van der Waals surface area contributed by atoms with Crippen molar-refractivity contribution in [3.63, 3.8) is 0 Å². The zero-order chi connectivity index (χ0) is 10.9. The molecule has 14 heavy (non-hydrogen) atoms. The van der Waals surface area contributed by atoms with Crippen molar-refractivity contribution in [1.29, 1.82) is 0 Å². The van der Waals surface area contributed by atoms with Crippen molar-refractivity contribution in [3.05, 3.63) is 0 Å². The van der Waals surface area contributed by atoms with E-state index in [1.54, 1.807) is 0 Å². The van der Waals surface area contributed by atoms with Crippen LogP contribution in [0.4, 0.5) is 7.77 Å². The molecule has 2 atom stereocenters. The zero-order valence-electron chi connectivity index (χ0n) is 9.46. The van der Waals surface area contributed by atoms with Crippen molar-refractivity contribution in [2.24, 2.45) is 5.92 Å². The molecule has 0 aliphatic carbocycles. The van der Waals surface area contributed by atoms with Crippen LogP contribution in [0.5, 0.6) is 0 Å². The van der Waals surface area contributed by atoms with Gasteiger partial charge in [-0.3, -0.25) is 4.90 Å². The summed E-state index contributed by atoms with van der Waals surface area (Å²) >= 11 is 0. The highest BCUT2D eigenvalue weighted by atomic mass is 32.3. The smallest absolute Gasteiger partial charge is 0.0830 e. The summed E-state index contributed by atoms with van der Waals surface area (Å²) < 4.78 is 26.7. The van der Waals surface area contributed by atoms with Crippen LogP contribution in [0.15, 0.2) is 0 Å². The molecule has 0 aromatic carbocycles. The number of hydrogen-bond donors (Lipinski definition) is 0. The molecule has 0 spiro atoms. The van der Waals surface area contributed by atoms with E-state index in [0.717, 1.165) is 6.42 Å². The normalized spacial score (nSPS) is 32.1. The zero-order valence-corrected chi connectivity index (χ0v) is 10.3. The molecule has 0 saturated carbocycles. The van der Waals surface area contributed by atoms with Crippen molar-refractivity contribution in [2.75, 3.05) is 11.6 Å². The summed E-state index contributed by atoms with van der Waals surface area (Å²) in [5, 5.41) is 0. The van der Waals surface area contributed by atoms with Gasteiger partial charge in [0.1, 0.15) is 0 Å². The molecule has 0 aromatic heterocycles. The van der Waals surface area contributed by atoms with Crippen LogP contribution >= 0.6 is 10.8 Å². The summed E-state index contributed by atoms with van der Waals surface area (Å²) in [7, 11) is -3.32. The van der Waals surface area contributed by atoms with Crippen molar-refractivity contribution in [3.8, 4) is 0 Å². The van der Waals surface area contributed by atoms with Gasteiger partial charge in [0.15, 0.2) is 0 Å². The Hall–Kier alpha value is 0.170. The molecular weight excluding hydrogens is 204 g/mol. The van der Waals surface area contributed by atoms with Crippen molar-refractivity contribution < 1.29 is 7.77 Å². The average Bonchev–Trinajstić information content (AvgIpc) is 2.40. The maximum absolute atomic E-state index is 13.3. The van der Waals surface area contributed by atoms with E-state index in [9.17, 15) is 7.77 Å². The summed E-state index contributed by atoms with van der Waals surface area (Å²) in [6, 6.07) is 0.387. The quantitative estimate of drug-likeness (QED) is 0.708. The second-order valence-corrected chi connectivity index (χ2v) is 6.57. The SMILES string of the molecule is CCC(C)N1CS(F)(F)CC1C(C)C. The third-order valence-corrected chi connectivity index (χ3v) is 4.61. The maximum Gasteiger partial charge on any atom is 0.0830 e. The largest absolute Gasteiger partial charge is 0.284 e. The monoisotopic (exact) mass is 225 g/mol. The van der Waals surface area contributed by atoms with Gasteiger partial charge in [-0.2, -0.15) is 7.77 Å². The summed E-state index contributed by atoms with van der Waals surface area (Å²) in [6.45, 7) is 8.20. The molecule has 1 heterocycles. The van der Waals surface area contributed by atoms with E-state index in [1.165, 1.54) is 0 Å². The van der Waals surface area contributed by atoms with E-state index in [2.05, 4.69) is 13.8 Å². The first-order valence-corrected chi connectivity index (χ1v) is 7.08. The Labute approximate surface area is 87.8 Å². The summed E-state index contributed by atoms with van der Waals surface area (Å²) in [6.07, 6.45) is 0.957. The van der Waals surface area contributed by atoms with E-state index in [0.29, 0.717) is 12.0 Å². The van der Waals surface area contributed by atoms with E-state index < -0.39 is 10.8 Å². The Kier molecular flexibility index (Phi) is 3.81. The van der Waals surface area contributed by atoms with Gasteiger partial charge in [-0.15, -0.1) is 0 Å². The molecule has 0 bridgehead atoms. The highest BCUT2D eigenvalue weighted by molar-refractivity contribution is 8.25. The number of nitrogens with zero attached hydrogens (tertiary/aromatic N) is 1. The molecule has 2 unspecified atom stereocenters. The molecule has 0 radical (unpaired) electrons. The minimum atomic E-state index is -3.32. The number of halogens is 2. The first-order valence-electron chi connectivity index (χ1n) is 5.31. The predicted molar refractivity (Wildman–Crippen MR) is 59.8 cm³/mol. The van der Waals surface area contributed by atoms with Crippen LogP contribution in [-0.2, 0) is 0 Å². The van der Waals surface area contributed by atoms with Gasteiger partial charge in [0.2, 0.25) is 0 Å². The fraction of sp³-hybridized carbons (Fsp3) is 1.00. The molecule has 1 nitrogen and oxygen atoms in total. The van der Waals surface area contributed by atoms with Crippen LogP contribution in [0.2, 0.25) is 0 Å². The van der Waals surface area contributed by atoms with Crippen LogP contribution in [-0.4, -0.2) is 28.6 Å². The lowest BCUT2D eigenvalue weighted by atomic mass is 10.0. The molecule has 1 fully saturated rings. The highest BCUT2D eigenvalue weighted by Crippen LogP contribution is 2.58. The van der Waals surface area contributed by atoms with Gasteiger partial charge in [0.05, 0.1) is 16.7 Å². The lowest BCUT2D eigenvalue weighted by Crippen LogP contribution is -2.40. The standard InChI is InChI=1S/C10H21F2NS/c1-5-9(4)13-7-14(11,12)6-10(13)8(2)3/h8-10H,5-7H2,1-4H3.